The van der Waals surface area contributed by atoms with Gasteiger partial charge in [-0.25, -0.2) is 9.18 Å². The summed E-state index contributed by atoms with van der Waals surface area (Å²) in [5.74, 6) is -3.67. The lowest BCUT2D eigenvalue weighted by atomic mass is 9.82. The maximum absolute atomic E-state index is 14.6. The number of phenolic OH excluding ortho intramolecular Hbond substituents is 2. The molecule has 0 spiro atoms. The van der Waals surface area contributed by atoms with Crippen molar-refractivity contribution < 1.29 is 43.4 Å². The van der Waals surface area contributed by atoms with Gasteiger partial charge in [0.05, 0.1) is 40.4 Å². The number of benzene rings is 3. The van der Waals surface area contributed by atoms with Gasteiger partial charge in [0.1, 0.15) is 29.7 Å². The number of nitrogens with zero attached hydrogens (tertiary/aromatic N) is 2. The summed E-state index contributed by atoms with van der Waals surface area (Å²) in [7, 11) is 2.78. The molecule has 13 heteroatoms. The molecule has 0 heterocycles. The number of carbonyl (C=O) groups excluding carboxylic acids is 3. The normalized spacial score (nSPS) is 11.9. The van der Waals surface area contributed by atoms with Crippen molar-refractivity contribution in [3.05, 3.63) is 86.2 Å². The zero-order valence-electron chi connectivity index (χ0n) is 20.7. The molecule has 0 unspecified atom stereocenters. The number of anilines is 1. The van der Waals surface area contributed by atoms with E-state index >= 15 is 0 Å². The number of likely N-dealkylation sites (N-methyl/N-ethyl adjacent to an activating group) is 1. The second-order valence-electron chi connectivity index (χ2n) is 8.51. The summed E-state index contributed by atoms with van der Waals surface area (Å²) in [6.45, 7) is -0.0897. The zero-order chi connectivity index (χ0) is 28.4. The molecule has 0 atom stereocenters. The first-order valence-electron chi connectivity index (χ1n) is 11.4. The first-order valence-corrected chi connectivity index (χ1v) is 11.4. The number of ether oxygens (including phenoxy) is 2. The third-order valence-corrected chi connectivity index (χ3v) is 6.13. The second-order valence-corrected chi connectivity index (χ2v) is 8.51. The van der Waals surface area contributed by atoms with Crippen LogP contribution < -0.4 is 10.1 Å². The Balaban J connectivity index is 1.44. The fraction of sp³-hybridized carbons (Fsp3) is 0.192. The van der Waals surface area contributed by atoms with Crippen LogP contribution in [0.15, 0.2) is 42.5 Å². The number of ketones is 2. The molecule has 3 aromatic rings. The van der Waals surface area contributed by atoms with Crippen LogP contribution >= 0.6 is 0 Å². The molecule has 0 aromatic heterocycles. The lowest BCUT2D eigenvalue weighted by molar-refractivity contribution is -0.384. The number of aromatic hydroxyl groups is 2. The number of methoxy groups -OCH3 is 1. The smallest absolute Gasteiger partial charge is 0.409 e. The number of non-ortho nitro benzene ring substituents is 1. The molecule has 4 rings (SSSR count). The summed E-state index contributed by atoms with van der Waals surface area (Å²) in [5, 5.41) is 34.1. The SMILES string of the molecule is COc1cc([N+](=O)[O-])ccc1COC(=O)N(C)CCNc1ccc(F)c2c1C(=O)c1c(O)ccc(O)c1C2=O. The number of hydrogen-bond acceptors (Lipinski definition) is 10. The lowest BCUT2D eigenvalue weighted by Crippen LogP contribution is -2.32. The van der Waals surface area contributed by atoms with Crippen molar-refractivity contribution in [2.45, 2.75) is 6.61 Å². The van der Waals surface area contributed by atoms with E-state index in [1.54, 1.807) is 0 Å². The number of nitro benzene ring substituents is 1. The van der Waals surface area contributed by atoms with Gasteiger partial charge in [0, 0.05) is 37.5 Å². The van der Waals surface area contributed by atoms with E-state index in [1.807, 2.05) is 0 Å². The third kappa shape index (κ3) is 5.01. The van der Waals surface area contributed by atoms with Gasteiger partial charge in [0.2, 0.25) is 11.6 Å². The molecule has 12 nitrogen and oxygen atoms in total. The highest BCUT2D eigenvalue weighted by molar-refractivity contribution is 6.32. The van der Waals surface area contributed by atoms with Crippen LogP contribution in [0.2, 0.25) is 0 Å². The maximum Gasteiger partial charge on any atom is 0.409 e. The Morgan fingerprint density at radius 3 is 2.28 bits per heavy atom. The number of fused-ring (bicyclic) bond motifs is 2. The Bertz CT molecular complexity index is 1520. The number of nitro groups is 1. The van der Waals surface area contributed by atoms with E-state index in [0.717, 1.165) is 18.2 Å². The van der Waals surface area contributed by atoms with E-state index in [1.165, 1.54) is 43.3 Å². The van der Waals surface area contributed by atoms with Crippen LogP contribution in [-0.2, 0) is 11.3 Å². The summed E-state index contributed by atoms with van der Waals surface area (Å²) < 4.78 is 25.0. The molecule has 39 heavy (non-hydrogen) atoms. The maximum atomic E-state index is 14.6. The minimum absolute atomic E-state index is 0.0604. The average molecular weight is 539 g/mol. The monoisotopic (exact) mass is 539 g/mol. The molecule has 202 valence electrons. The minimum Gasteiger partial charge on any atom is -0.507 e. The van der Waals surface area contributed by atoms with Crippen LogP contribution in [-0.4, -0.2) is 64.9 Å². The fourth-order valence-corrected chi connectivity index (χ4v) is 4.14. The number of phenols is 2. The Morgan fingerprint density at radius 2 is 1.67 bits per heavy atom. The van der Waals surface area contributed by atoms with Crippen molar-refractivity contribution in [1.82, 2.24) is 4.90 Å². The van der Waals surface area contributed by atoms with Gasteiger partial charge >= 0.3 is 6.09 Å². The van der Waals surface area contributed by atoms with Crippen LogP contribution in [0.3, 0.4) is 0 Å². The number of nitrogens with one attached hydrogen (secondary N) is 1. The molecular weight excluding hydrogens is 517 g/mol. The molecule has 3 N–H and O–H groups in total. The summed E-state index contributed by atoms with van der Waals surface area (Å²) >= 11 is 0. The Kier molecular flexibility index (Phi) is 7.33. The zero-order valence-corrected chi connectivity index (χ0v) is 20.7. The van der Waals surface area contributed by atoms with Gasteiger partial charge in [-0.15, -0.1) is 0 Å². The van der Waals surface area contributed by atoms with Crippen molar-refractivity contribution in [1.29, 1.82) is 0 Å². The van der Waals surface area contributed by atoms with Crippen molar-refractivity contribution in [2.24, 2.45) is 0 Å². The van der Waals surface area contributed by atoms with Crippen molar-refractivity contribution >= 4 is 29.0 Å². The Labute approximate surface area is 220 Å². The van der Waals surface area contributed by atoms with E-state index in [9.17, 15) is 39.1 Å². The molecule has 0 fully saturated rings. The fourth-order valence-electron chi connectivity index (χ4n) is 4.14. The number of hydrogen-bond donors (Lipinski definition) is 3. The van der Waals surface area contributed by atoms with E-state index < -0.39 is 56.6 Å². The van der Waals surface area contributed by atoms with Gasteiger partial charge in [0.25, 0.3) is 5.69 Å². The molecule has 0 saturated carbocycles. The highest BCUT2D eigenvalue weighted by atomic mass is 19.1. The average Bonchev–Trinajstić information content (AvgIpc) is 2.91. The summed E-state index contributed by atoms with van der Waals surface area (Å²) in [6, 6.07) is 8.23. The molecule has 0 radical (unpaired) electrons. The van der Waals surface area contributed by atoms with Gasteiger partial charge in [-0.1, -0.05) is 0 Å². The summed E-state index contributed by atoms with van der Waals surface area (Å²) in [6.07, 6.45) is -0.723. The number of carbonyl (C=O) groups is 3. The first kappa shape index (κ1) is 26.9. The molecule has 0 bridgehead atoms. The van der Waals surface area contributed by atoms with Crippen LogP contribution in [0.1, 0.15) is 37.4 Å². The number of rotatable bonds is 8. The summed E-state index contributed by atoms with van der Waals surface area (Å²) in [4.78, 5) is 50.1. The Morgan fingerprint density at radius 1 is 1.03 bits per heavy atom. The van der Waals surface area contributed by atoms with Crippen molar-refractivity contribution in [3.8, 4) is 17.2 Å². The van der Waals surface area contributed by atoms with Gasteiger partial charge in [-0.3, -0.25) is 19.7 Å². The Hall–Kier alpha value is -5.20. The van der Waals surface area contributed by atoms with Gasteiger partial charge < -0.3 is 29.9 Å². The molecule has 1 aliphatic rings. The molecule has 0 aliphatic heterocycles. The minimum atomic E-state index is -0.968. The molecular formula is C26H22FN3O9. The van der Waals surface area contributed by atoms with Crippen LogP contribution in [0.25, 0.3) is 0 Å². The number of amides is 1. The van der Waals surface area contributed by atoms with Gasteiger partial charge in [-0.2, -0.15) is 0 Å². The topological polar surface area (TPSA) is 169 Å². The predicted octanol–water partition coefficient (Wildman–Crippen LogP) is 3.61. The van der Waals surface area contributed by atoms with E-state index in [-0.39, 0.29) is 42.4 Å². The summed E-state index contributed by atoms with van der Waals surface area (Å²) in [5.41, 5.74) is -1.41. The quantitative estimate of drug-likeness (QED) is 0.171. The standard InChI is InChI=1S/C26H22FN3O9/c1-29(26(35)39-12-13-3-4-14(30(36)37)11-19(13)38-2)10-9-28-16-6-5-15(27)20-21(16)25(34)23-18(32)8-7-17(31)22(23)24(20)33/h3-8,11,28,31-32H,9-10,12H2,1-2H3. The predicted molar refractivity (Wildman–Crippen MR) is 134 cm³/mol. The van der Waals surface area contributed by atoms with E-state index in [0.29, 0.717) is 5.56 Å². The first-order chi connectivity index (χ1) is 18.5. The molecule has 0 saturated heterocycles. The highest BCUT2D eigenvalue weighted by Gasteiger charge is 2.38. The van der Waals surface area contributed by atoms with Crippen LogP contribution in [0.4, 0.5) is 20.6 Å². The van der Waals surface area contributed by atoms with Gasteiger partial charge in [-0.05, 0) is 30.3 Å². The molecule has 1 aliphatic carbocycles. The van der Waals surface area contributed by atoms with E-state index in [4.69, 9.17) is 9.47 Å². The second kappa shape index (κ2) is 10.7. The van der Waals surface area contributed by atoms with Crippen molar-refractivity contribution in [3.63, 3.8) is 0 Å². The molecule has 1 amide bonds. The molecule has 3 aromatic carbocycles. The largest absolute Gasteiger partial charge is 0.507 e. The van der Waals surface area contributed by atoms with Crippen LogP contribution in [0, 0.1) is 15.9 Å². The third-order valence-electron chi connectivity index (χ3n) is 6.13. The van der Waals surface area contributed by atoms with E-state index in [2.05, 4.69) is 5.32 Å². The van der Waals surface area contributed by atoms with Gasteiger partial charge in [0.15, 0.2) is 0 Å². The van der Waals surface area contributed by atoms with Crippen LogP contribution in [0.5, 0.6) is 17.2 Å². The lowest BCUT2D eigenvalue weighted by Gasteiger charge is -2.23. The van der Waals surface area contributed by atoms with Crippen molar-refractivity contribution in [2.75, 3.05) is 32.6 Å². The number of halogens is 1. The highest BCUT2D eigenvalue weighted by Crippen LogP contribution is 2.40.